The molecular formula is C20H10Cl2F7N5O. The van der Waals surface area contributed by atoms with E-state index in [0.717, 1.165) is 6.07 Å². The number of halogens is 9. The van der Waals surface area contributed by atoms with Crippen LogP contribution in [0.1, 0.15) is 11.5 Å². The normalized spacial score (nSPS) is 12.4. The van der Waals surface area contributed by atoms with E-state index in [9.17, 15) is 30.7 Å². The van der Waals surface area contributed by atoms with Crippen LogP contribution < -0.4 is 10.5 Å². The van der Waals surface area contributed by atoms with E-state index < -0.39 is 46.5 Å². The molecule has 4 aromatic rings. The fraction of sp³-hybridized carbons (Fsp3) is 0.150. The number of methoxy groups -OCH3 is 1. The molecule has 0 aliphatic heterocycles. The third-order valence-electron chi connectivity index (χ3n) is 4.81. The Bertz CT molecular complexity index is 1440. The maximum Gasteiger partial charge on any atom is 0.451 e. The number of aromatic nitrogens is 4. The molecule has 0 aliphatic carbocycles. The number of alkyl halides is 6. The predicted molar refractivity (Wildman–Crippen MR) is 113 cm³/mol. The summed E-state index contributed by atoms with van der Waals surface area (Å²) in [6.07, 6.45) is -10.6. The summed E-state index contributed by atoms with van der Waals surface area (Å²) in [4.78, 5) is 5.71. The smallest absolute Gasteiger partial charge is 0.451 e. The largest absolute Gasteiger partial charge is 0.497 e. The van der Waals surface area contributed by atoms with Gasteiger partial charge in [-0.2, -0.15) is 26.3 Å². The van der Waals surface area contributed by atoms with Crippen molar-refractivity contribution in [1.29, 1.82) is 0 Å². The predicted octanol–water partition coefficient (Wildman–Crippen LogP) is 6.56. The zero-order chi connectivity index (χ0) is 25.9. The molecule has 0 atom stereocenters. The summed E-state index contributed by atoms with van der Waals surface area (Å²) in [6, 6.07) is 6.44. The Morgan fingerprint density at radius 3 is 2.09 bits per heavy atom. The quantitative estimate of drug-likeness (QED) is 0.298. The SMILES string of the molecule is COc1ccc(-c2cc(Cl)c(-n3nc4nc(C(F)(F)F)nc(C(F)(F)F)c4c3N)c(Cl)c2)c(F)c1. The van der Waals surface area contributed by atoms with Crippen molar-refractivity contribution >= 4 is 40.1 Å². The molecule has 0 unspecified atom stereocenters. The van der Waals surface area contributed by atoms with Crippen LogP contribution in [-0.2, 0) is 12.4 Å². The summed E-state index contributed by atoms with van der Waals surface area (Å²) in [5.74, 6) is -3.24. The van der Waals surface area contributed by atoms with Crippen molar-refractivity contribution in [3.8, 4) is 22.6 Å². The average Bonchev–Trinajstić information content (AvgIpc) is 3.07. The molecule has 0 bridgehead atoms. The van der Waals surface area contributed by atoms with Crippen molar-refractivity contribution in [3.05, 3.63) is 57.7 Å². The lowest BCUT2D eigenvalue weighted by Gasteiger charge is -2.13. The molecule has 2 heterocycles. The van der Waals surface area contributed by atoms with Crippen LogP contribution >= 0.6 is 23.2 Å². The molecule has 2 aromatic heterocycles. The minimum atomic E-state index is -5.31. The summed E-state index contributed by atoms with van der Waals surface area (Å²) in [5.41, 5.74) is 2.91. The Kier molecular flexibility index (Phi) is 5.96. The van der Waals surface area contributed by atoms with E-state index in [-0.39, 0.29) is 32.6 Å². The van der Waals surface area contributed by atoms with Crippen LogP contribution in [0.4, 0.5) is 36.6 Å². The Morgan fingerprint density at radius 2 is 1.57 bits per heavy atom. The second kappa shape index (κ2) is 8.41. The van der Waals surface area contributed by atoms with Gasteiger partial charge in [-0.05, 0) is 29.8 Å². The van der Waals surface area contributed by atoms with Gasteiger partial charge in [0.25, 0.3) is 0 Å². The lowest BCUT2D eigenvalue weighted by Crippen LogP contribution is -2.17. The fourth-order valence-corrected chi connectivity index (χ4v) is 3.94. The number of benzene rings is 2. The first-order chi connectivity index (χ1) is 16.2. The molecule has 0 amide bonds. The van der Waals surface area contributed by atoms with Gasteiger partial charge in [-0.1, -0.05) is 23.2 Å². The van der Waals surface area contributed by atoms with E-state index >= 15 is 0 Å². The van der Waals surface area contributed by atoms with Crippen LogP contribution in [-0.4, -0.2) is 26.9 Å². The second-order valence-corrected chi connectivity index (χ2v) is 7.84. The van der Waals surface area contributed by atoms with E-state index in [2.05, 4.69) is 15.1 Å². The van der Waals surface area contributed by atoms with Crippen LogP contribution in [0.5, 0.6) is 5.75 Å². The molecule has 4 rings (SSSR count). The molecule has 0 radical (unpaired) electrons. The molecule has 0 saturated heterocycles. The monoisotopic (exact) mass is 539 g/mol. The van der Waals surface area contributed by atoms with Gasteiger partial charge < -0.3 is 10.5 Å². The van der Waals surface area contributed by atoms with E-state index in [1.165, 1.54) is 31.4 Å². The van der Waals surface area contributed by atoms with Crippen molar-refractivity contribution in [2.45, 2.75) is 12.4 Å². The Hall–Kier alpha value is -3.32. The third-order valence-corrected chi connectivity index (χ3v) is 5.38. The van der Waals surface area contributed by atoms with Gasteiger partial charge >= 0.3 is 12.4 Å². The van der Waals surface area contributed by atoms with Crippen LogP contribution in [0.2, 0.25) is 10.0 Å². The number of nitrogens with zero attached hydrogens (tertiary/aromatic N) is 4. The Balaban J connectivity index is 1.94. The molecular weight excluding hydrogens is 530 g/mol. The highest BCUT2D eigenvalue weighted by Crippen LogP contribution is 2.41. The molecule has 0 spiro atoms. The Morgan fingerprint density at radius 1 is 0.943 bits per heavy atom. The van der Waals surface area contributed by atoms with Gasteiger partial charge in [0.05, 0.1) is 22.5 Å². The molecule has 0 saturated carbocycles. The van der Waals surface area contributed by atoms with Crippen molar-refractivity contribution in [3.63, 3.8) is 0 Å². The fourth-order valence-electron chi connectivity index (χ4n) is 3.29. The number of fused-ring (bicyclic) bond motifs is 1. The highest BCUT2D eigenvalue weighted by molar-refractivity contribution is 6.38. The molecule has 0 aliphatic rings. The van der Waals surface area contributed by atoms with Crippen molar-refractivity contribution < 1.29 is 35.5 Å². The first kappa shape index (κ1) is 24.8. The zero-order valence-corrected chi connectivity index (χ0v) is 18.6. The summed E-state index contributed by atoms with van der Waals surface area (Å²) in [6.45, 7) is 0. The average molecular weight is 540 g/mol. The van der Waals surface area contributed by atoms with E-state index in [4.69, 9.17) is 33.7 Å². The van der Waals surface area contributed by atoms with Gasteiger partial charge in [0.1, 0.15) is 23.1 Å². The van der Waals surface area contributed by atoms with Crippen LogP contribution in [0, 0.1) is 5.82 Å². The lowest BCUT2D eigenvalue weighted by atomic mass is 10.0. The number of nitrogens with two attached hydrogens (primary N) is 1. The first-order valence-electron chi connectivity index (χ1n) is 9.26. The molecule has 2 N–H and O–H groups in total. The topological polar surface area (TPSA) is 78.8 Å². The first-order valence-corrected chi connectivity index (χ1v) is 10.0. The highest BCUT2D eigenvalue weighted by Gasteiger charge is 2.43. The standard InChI is InChI=1S/C20H10Cl2F7N5O/c1-35-8-2-3-9(12(23)6-8)7-4-10(21)14(11(22)5-7)34-16(30)13-15(19(24,25)26)31-18(20(27,28)29)32-17(13)33-34/h2-6H,30H2,1H3. The van der Waals surface area contributed by atoms with Gasteiger partial charge in [0, 0.05) is 11.6 Å². The summed E-state index contributed by atoms with van der Waals surface area (Å²) in [5, 5.41) is 2.23. The summed E-state index contributed by atoms with van der Waals surface area (Å²) < 4.78 is 99.9. The summed E-state index contributed by atoms with van der Waals surface area (Å²) in [7, 11) is 1.35. The molecule has 2 aromatic carbocycles. The maximum absolute atomic E-state index is 14.5. The number of nitrogen functional groups attached to an aromatic ring is 1. The second-order valence-electron chi connectivity index (χ2n) is 7.02. The third kappa shape index (κ3) is 4.41. The van der Waals surface area contributed by atoms with Gasteiger partial charge in [0.15, 0.2) is 11.3 Å². The molecule has 0 fully saturated rings. The summed E-state index contributed by atoms with van der Waals surface area (Å²) >= 11 is 12.6. The Labute approximate surface area is 201 Å². The molecule has 184 valence electrons. The van der Waals surface area contributed by atoms with Gasteiger partial charge in [-0.15, -0.1) is 5.10 Å². The number of anilines is 1. The number of hydrogen-bond donors (Lipinski definition) is 1. The van der Waals surface area contributed by atoms with E-state index in [0.29, 0.717) is 4.68 Å². The van der Waals surface area contributed by atoms with Gasteiger partial charge in [-0.25, -0.2) is 19.0 Å². The maximum atomic E-state index is 14.5. The van der Waals surface area contributed by atoms with Crippen molar-refractivity contribution in [1.82, 2.24) is 19.7 Å². The van der Waals surface area contributed by atoms with E-state index in [1.54, 1.807) is 0 Å². The number of rotatable bonds is 3. The lowest BCUT2D eigenvalue weighted by molar-refractivity contribution is -0.151. The number of hydrogen-bond acceptors (Lipinski definition) is 5. The van der Waals surface area contributed by atoms with Gasteiger partial charge in [0.2, 0.25) is 5.82 Å². The van der Waals surface area contributed by atoms with Crippen LogP contribution in [0.25, 0.3) is 27.8 Å². The van der Waals surface area contributed by atoms with Gasteiger partial charge in [-0.3, -0.25) is 0 Å². The minimum absolute atomic E-state index is 0.0693. The highest BCUT2D eigenvalue weighted by atomic mass is 35.5. The van der Waals surface area contributed by atoms with Crippen molar-refractivity contribution in [2.75, 3.05) is 12.8 Å². The van der Waals surface area contributed by atoms with Crippen molar-refractivity contribution in [2.24, 2.45) is 0 Å². The van der Waals surface area contributed by atoms with Crippen LogP contribution in [0.15, 0.2) is 30.3 Å². The molecule has 15 heteroatoms. The minimum Gasteiger partial charge on any atom is -0.497 e. The molecule has 6 nitrogen and oxygen atoms in total. The zero-order valence-electron chi connectivity index (χ0n) is 17.1. The van der Waals surface area contributed by atoms with Crippen LogP contribution in [0.3, 0.4) is 0 Å². The number of ether oxygens (including phenoxy) is 1. The molecule has 35 heavy (non-hydrogen) atoms. The van der Waals surface area contributed by atoms with E-state index in [1.807, 2.05) is 0 Å².